The van der Waals surface area contributed by atoms with Crippen molar-refractivity contribution >= 4 is 5.91 Å². The highest BCUT2D eigenvalue weighted by atomic mass is 16.2. The van der Waals surface area contributed by atoms with E-state index in [-0.39, 0.29) is 6.54 Å². The van der Waals surface area contributed by atoms with Crippen LogP contribution in [0.3, 0.4) is 0 Å². The van der Waals surface area contributed by atoms with Crippen LogP contribution in [0.25, 0.3) is 0 Å². The largest absolute Gasteiger partial charge is 0.310 e. The SMILES string of the molecule is C#CCN(CC#CC)C(=O)C#C. The number of amides is 1. The molecule has 0 aliphatic carbocycles. The Kier molecular flexibility index (Phi) is 4.99. The molecule has 0 spiro atoms. The van der Waals surface area contributed by atoms with Crippen molar-refractivity contribution in [2.75, 3.05) is 13.1 Å². The molecular weight excluding hydrogens is 150 g/mol. The van der Waals surface area contributed by atoms with E-state index >= 15 is 0 Å². The van der Waals surface area contributed by atoms with Crippen LogP contribution in [0.5, 0.6) is 0 Å². The van der Waals surface area contributed by atoms with E-state index in [1.807, 2.05) is 5.92 Å². The Morgan fingerprint density at radius 2 is 2.08 bits per heavy atom. The average Bonchev–Trinajstić information content (AvgIpc) is 2.11. The van der Waals surface area contributed by atoms with Crippen LogP contribution in [0, 0.1) is 36.5 Å². The number of terminal acetylenes is 2. The van der Waals surface area contributed by atoms with Crippen LogP contribution in [0.4, 0.5) is 0 Å². The lowest BCUT2D eigenvalue weighted by atomic mass is 10.4. The molecule has 0 saturated carbocycles. The van der Waals surface area contributed by atoms with Gasteiger partial charge in [-0.05, 0) is 12.8 Å². The van der Waals surface area contributed by atoms with Crippen molar-refractivity contribution in [3.63, 3.8) is 0 Å². The van der Waals surface area contributed by atoms with E-state index in [9.17, 15) is 4.79 Å². The zero-order valence-electron chi connectivity index (χ0n) is 6.92. The van der Waals surface area contributed by atoms with E-state index in [2.05, 4.69) is 17.8 Å². The van der Waals surface area contributed by atoms with Gasteiger partial charge in [-0.25, -0.2) is 0 Å². The van der Waals surface area contributed by atoms with E-state index in [0.717, 1.165) is 0 Å². The lowest BCUT2D eigenvalue weighted by Gasteiger charge is -2.12. The Morgan fingerprint density at radius 1 is 1.42 bits per heavy atom. The predicted octanol–water partition coefficient (Wildman–Crippen LogP) is 0.105. The zero-order chi connectivity index (χ0) is 9.40. The van der Waals surface area contributed by atoms with Gasteiger partial charge in [0.2, 0.25) is 0 Å². The topological polar surface area (TPSA) is 20.3 Å². The number of carbonyl (C=O) groups excluding carboxylic acids is 1. The fourth-order valence-electron chi connectivity index (χ4n) is 0.575. The van der Waals surface area contributed by atoms with Crippen molar-refractivity contribution in [1.82, 2.24) is 4.90 Å². The lowest BCUT2D eigenvalue weighted by Crippen LogP contribution is -2.30. The van der Waals surface area contributed by atoms with Crippen LogP contribution in [-0.4, -0.2) is 23.9 Å². The second kappa shape index (κ2) is 5.90. The van der Waals surface area contributed by atoms with Crippen molar-refractivity contribution in [2.24, 2.45) is 0 Å². The van der Waals surface area contributed by atoms with E-state index in [4.69, 9.17) is 12.8 Å². The Bertz CT molecular complexity index is 293. The standard InChI is InChI=1S/C10H9NO/c1-4-7-9-11(8-5-2)10(12)6-3/h2-3H,8-9H2,1H3. The molecule has 12 heavy (non-hydrogen) atoms. The first-order valence-corrected chi connectivity index (χ1v) is 3.34. The summed E-state index contributed by atoms with van der Waals surface area (Å²) >= 11 is 0. The quantitative estimate of drug-likeness (QED) is 0.523. The van der Waals surface area contributed by atoms with Crippen LogP contribution in [-0.2, 0) is 4.79 Å². The summed E-state index contributed by atoms with van der Waals surface area (Å²) in [7, 11) is 0. The molecule has 0 aliphatic heterocycles. The summed E-state index contributed by atoms with van der Waals surface area (Å²) in [5.41, 5.74) is 0. The van der Waals surface area contributed by atoms with Gasteiger partial charge >= 0.3 is 0 Å². The predicted molar refractivity (Wildman–Crippen MR) is 47.7 cm³/mol. The lowest BCUT2D eigenvalue weighted by molar-refractivity contribution is -0.123. The molecule has 0 aromatic rings. The molecule has 2 nitrogen and oxygen atoms in total. The van der Waals surface area contributed by atoms with Gasteiger partial charge in [0.05, 0.1) is 13.1 Å². The Balaban J connectivity index is 4.23. The third kappa shape index (κ3) is 3.35. The summed E-state index contributed by atoms with van der Waals surface area (Å²) in [5, 5.41) is 0. The molecule has 0 bridgehead atoms. The number of carbonyl (C=O) groups is 1. The van der Waals surface area contributed by atoms with Crippen LogP contribution in [0.2, 0.25) is 0 Å². The molecule has 0 radical (unpaired) electrons. The maximum absolute atomic E-state index is 10.9. The van der Waals surface area contributed by atoms with Gasteiger partial charge in [0.1, 0.15) is 0 Å². The average molecular weight is 159 g/mol. The molecule has 0 aromatic carbocycles. The molecule has 2 heteroatoms. The Morgan fingerprint density at radius 3 is 2.50 bits per heavy atom. The smallest absolute Gasteiger partial charge is 0.299 e. The van der Waals surface area contributed by atoms with Crippen LogP contribution in [0.15, 0.2) is 0 Å². The third-order valence-corrected chi connectivity index (χ3v) is 1.14. The zero-order valence-corrected chi connectivity index (χ0v) is 6.92. The van der Waals surface area contributed by atoms with Gasteiger partial charge in [-0.15, -0.1) is 18.8 Å². The third-order valence-electron chi connectivity index (χ3n) is 1.14. The molecule has 0 unspecified atom stereocenters. The summed E-state index contributed by atoms with van der Waals surface area (Å²) in [6.45, 7) is 2.19. The highest BCUT2D eigenvalue weighted by Crippen LogP contribution is 1.86. The molecule has 0 aliphatic rings. The first kappa shape index (κ1) is 10.2. The number of rotatable bonds is 2. The normalized spacial score (nSPS) is 6.92. The fraction of sp³-hybridized carbons (Fsp3) is 0.300. The Labute approximate surface area is 72.9 Å². The second-order valence-corrected chi connectivity index (χ2v) is 1.94. The maximum Gasteiger partial charge on any atom is 0.299 e. The van der Waals surface area contributed by atoms with E-state index < -0.39 is 5.91 Å². The van der Waals surface area contributed by atoms with Crippen molar-refractivity contribution < 1.29 is 4.79 Å². The molecule has 0 fully saturated rings. The summed E-state index contributed by atoms with van der Waals surface area (Å²) in [6, 6.07) is 0. The van der Waals surface area contributed by atoms with Gasteiger partial charge < -0.3 is 4.90 Å². The highest BCUT2D eigenvalue weighted by Gasteiger charge is 2.06. The monoisotopic (exact) mass is 159 g/mol. The minimum Gasteiger partial charge on any atom is -0.310 e. The molecule has 60 valence electrons. The van der Waals surface area contributed by atoms with Crippen molar-refractivity contribution in [2.45, 2.75) is 6.92 Å². The molecular formula is C10H9NO. The number of nitrogens with zero attached hydrogens (tertiary/aromatic N) is 1. The van der Waals surface area contributed by atoms with E-state index in [1.54, 1.807) is 6.92 Å². The molecule has 0 aromatic heterocycles. The van der Waals surface area contributed by atoms with Gasteiger partial charge in [-0.3, -0.25) is 4.79 Å². The first-order chi connectivity index (χ1) is 5.76. The second-order valence-electron chi connectivity index (χ2n) is 1.94. The van der Waals surface area contributed by atoms with Crippen molar-refractivity contribution in [3.05, 3.63) is 0 Å². The van der Waals surface area contributed by atoms with Crippen molar-refractivity contribution in [3.8, 4) is 36.5 Å². The van der Waals surface area contributed by atoms with Gasteiger partial charge in [0, 0.05) is 0 Å². The molecule has 0 heterocycles. The van der Waals surface area contributed by atoms with E-state index in [0.29, 0.717) is 6.54 Å². The molecule has 0 N–H and O–H groups in total. The minimum atomic E-state index is -0.421. The number of hydrogen-bond acceptors (Lipinski definition) is 1. The van der Waals surface area contributed by atoms with E-state index in [1.165, 1.54) is 4.90 Å². The number of hydrogen-bond donors (Lipinski definition) is 0. The molecule has 0 atom stereocenters. The first-order valence-electron chi connectivity index (χ1n) is 3.34. The fourth-order valence-corrected chi connectivity index (χ4v) is 0.575. The van der Waals surface area contributed by atoms with Crippen molar-refractivity contribution in [1.29, 1.82) is 0 Å². The Hall–Kier alpha value is -1.85. The highest BCUT2D eigenvalue weighted by molar-refractivity contribution is 5.93. The summed E-state index contributed by atoms with van der Waals surface area (Å²) < 4.78 is 0. The van der Waals surface area contributed by atoms with Crippen LogP contribution in [0.1, 0.15) is 6.92 Å². The molecule has 0 rings (SSSR count). The van der Waals surface area contributed by atoms with Gasteiger partial charge in [0.25, 0.3) is 5.91 Å². The summed E-state index contributed by atoms with van der Waals surface area (Å²) in [5.74, 6) is 9.26. The van der Waals surface area contributed by atoms with Crippen LogP contribution < -0.4 is 0 Å². The molecule has 1 amide bonds. The molecule has 0 saturated heterocycles. The van der Waals surface area contributed by atoms with Gasteiger partial charge in [-0.2, -0.15) is 0 Å². The minimum absolute atomic E-state index is 0.206. The maximum atomic E-state index is 10.9. The summed E-state index contributed by atoms with van der Waals surface area (Å²) in [4.78, 5) is 12.3. The van der Waals surface area contributed by atoms with Gasteiger partial charge in [0.15, 0.2) is 0 Å². The van der Waals surface area contributed by atoms with Crippen LogP contribution >= 0.6 is 0 Å². The summed E-state index contributed by atoms with van der Waals surface area (Å²) in [6.07, 6.45) is 9.95. The van der Waals surface area contributed by atoms with Gasteiger partial charge in [-0.1, -0.05) is 11.8 Å².